The SMILES string of the molecule is COc1ccc(-c2cc(C(F)(F)F)n3nc(C(=O)Nc4ccccc4C(F)(F)F)c(Cl)c3n2)cc1OC. The summed E-state index contributed by atoms with van der Waals surface area (Å²) in [6.07, 6.45) is -9.76. The Hall–Kier alpha value is -4.00. The number of hydrogen-bond acceptors (Lipinski definition) is 5. The predicted octanol–water partition coefficient (Wildman–Crippen LogP) is 6.36. The molecule has 1 N–H and O–H groups in total. The molecule has 7 nitrogen and oxygen atoms in total. The van der Waals surface area contributed by atoms with Gasteiger partial charge in [-0.2, -0.15) is 31.4 Å². The van der Waals surface area contributed by atoms with Crippen LogP contribution in [-0.2, 0) is 12.4 Å². The highest BCUT2D eigenvalue weighted by Gasteiger charge is 2.37. The van der Waals surface area contributed by atoms with Gasteiger partial charge in [0.2, 0.25) is 0 Å². The number of anilines is 1. The number of nitrogens with zero attached hydrogens (tertiary/aromatic N) is 3. The number of nitrogens with one attached hydrogen (secondary N) is 1. The van der Waals surface area contributed by atoms with Gasteiger partial charge in [-0.1, -0.05) is 23.7 Å². The van der Waals surface area contributed by atoms with Crippen molar-refractivity contribution < 1.29 is 40.6 Å². The number of amides is 1. The van der Waals surface area contributed by atoms with E-state index in [0.717, 1.165) is 18.2 Å². The van der Waals surface area contributed by atoms with Gasteiger partial charge in [0.1, 0.15) is 5.02 Å². The maximum absolute atomic E-state index is 13.9. The molecule has 194 valence electrons. The second-order valence-electron chi connectivity index (χ2n) is 7.49. The minimum atomic E-state index is -4.96. The zero-order valence-electron chi connectivity index (χ0n) is 18.8. The summed E-state index contributed by atoms with van der Waals surface area (Å²) in [5.74, 6) is -0.713. The van der Waals surface area contributed by atoms with E-state index in [1.807, 2.05) is 5.32 Å². The van der Waals surface area contributed by atoms with Crippen LogP contribution in [0.15, 0.2) is 48.5 Å². The van der Waals surface area contributed by atoms with E-state index in [-0.39, 0.29) is 17.0 Å². The fraction of sp³-hybridized carbons (Fsp3) is 0.174. The van der Waals surface area contributed by atoms with Crippen LogP contribution < -0.4 is 14.8 Å². The summed E-state index contributed by atoms with van der Waals surface area (Å²) in [6.45, 7) is 0. The van der Waals surface area contributed by atoms with Gasteiger partial charge in [0.05, 0.1) is 31.2 Å². The van der Waals surface area contributed by atoms with Crippen LogP contribution >= 0.6 is 11.6 Å². The Morgan fingerprint density at radius 1 is 0.946 bits per heavy atom. The second kappa shape index (κ2) is 9.47. The quantitative estimate of drug-likeness (QED) is 0.296. The average Bonchev–Trinajstić information content (AvgIpc) is 3.18. The Labute approximate surface area is 209 Å². The third-order valence-electron chi connectivity index (χ3n) is 5.20. The van der Waals surface area contributed by atoms with E-state index >= 15 is 0 Å². The van der Waals surface area contributed by atoms with Crippen molar-refractivity contribution in [3.05, 3.63) is 70.5 Å². The number of fused-ring (bicyclic) bond motifs is 1. The summed E-state index contributed by atoms with van der Waals surface area (Å²) in [5.41, 5.74) is -4.36. The molecule has 4 rings (SSSR count). The minimum Gasteiger partial charge on any atom is -0.493 e. The second-order valence-corrected chi connectivity index (χ2v) is 7.87. The molecule has 0 saturated heterocycles. The Morgan fingerprint density at radius 2 is 1.62 bits per heavy atom. The van der Waals surface area contributed by atoms with Gasteiger partial charge in [0, 0.05) is 5.56 Å². The lowest BCUT2D eigenvalue weighted by Gasteiger charge is -2.13. The molecule has 2 aromatic carbocycles. The van der Waals surface area contributed by atoms with E-state index in [4.69, 9.17) is 21.1 Å². The van der Waals surface area contributed by atoms with Crippen LogP contribution in [0, 0.1) is 0 Å². The molecule has 0 bridgehead atoms. The summed E-state index contributed by atoms with van der Waals surface area (Å²) in [7, 11) is 2.73. The molecule has 4 aromatic rings. The van der Waals surface area contributed by atoms with E-state index in [2.05, 4.69) is 10.1 Å². The highest BCUT2D eigenvalue weighted by atomic mass is 35.5. The highest BCUT2D eigenvalue weighted by molar-refractivity contribution is 6.37. The van der Waals surface area contributed by atoms with Crippen LogP contribution in [0.3, 0.4) is 0 Å². The van der Waals surface area contributed by atoms with Crippen LogP contribution in [0.1, 0.15) is 21.7 Å². The molecule has 2 heterocycles. The summed E-state index contributed by atoms with van der Waals surface area (Å²) in [4.78, 5) is 16.9. The number of rotatable bonds is 5. The molecule has 2 aromatic heterocycles. The number of carbonyl (C=O) groups excluding carboxylic acids is 1. The fourth-order valence-corrected chi connectivity index (χ4v) is 3.75. The van der Waals surface area contributed by atoms with Crippen LogP contribution in [0.25, 0.3) is 16.9 Å². The molecule has 14 heteroatoms. The highest BCUT2D eigenvalue weighted by Crippen LogP contribution is 2.38. The molecule has 0 atom stereocenters. The first-order chi connectivity index (χ1) is 17.3. The van der Waals surface area contributed by atoms with Crippen molar-refractivity contribution >= 4 is 28.8 Å². The van der Waals surface area contributed by atoms with Crippen molar-refractivity contribution in [1.29, 1.82) is 0 Å². The smallest absolute Gasteiger partial charge is 0.433 e. The van der Waals surface area contributed by atoms with Gasteiger partial charge in [-0.05, 0) is 36.4 Å². The number of para-hydroxylation sites is 1. The van der Waals surface area contributed by atoms with Crippen LogP contribution in [0.5, 0.6) is 11.5 Å². The molecular weight excluding hydrogens is 530 g/mol. The van der Waals surface area contributed by atoms with Crippen LogP contribution in [-0.4, -0.2) is 34.7 Å². The van der Waals surface area contributed by atoms with Gasteiger partial charge in [-0.15, -0.1) is 0 Å². The van der Waals surface area contributed by atoms with Crippen molar-refractivity contribution in [1.82, 2.24) is 14.6 Å². The molecule has 0 unspecified atom stereocenters. The maximum atomic E-state index is 13.9. The van der Waals surface area contributed by atoms with Gasteiger partial charge < -0.3 is 14.8 Å². The van der Waals surface area contributed by atoms with Crippen molar-refractivity contribution in [2.45, 2.75) is 12.4 Å². The molecule has 1 amide bonds. The lowest BCUT2D eigenvalue weighted by atomic mass is 10.1. The van der Waals surface area contributed by atoms with Crippen molar-refractivity contribution in [3.8, 4) is 22.8 Å². The summed E-state index contributed by atoms with van der Waals surface area (Å²) in [5, 5.41) is 5.05. The van der Waals surface area contributed by atoms with Gasteiger partial charge in [0.15, 0.2) is 28.5 Å². The lowest BCUT2D eigenvalue weighted by molar-refractivity contribution is -0.142. The number of benzene rings is 2. The first-order valence-corrected chi connectivity index (χ1v) is 10.6. The summed E-state index contributed by atoms with van der Waals surface area (Å²) in [6, 6.07) is 9.07. The van der Waals surface area contributed by atoms with E-state index in [1.54, 1.807) is 0 Å². The van der Waals surface area contributed by atoms with E-state index in [0.29, 0.717) is 16.3 Å². The number of ether oxygens (including phenoxy) is 2. The van der Waals surface area contributed by atoms with Gasteiger partial charge in [-0.3, -0.25) is 4.79 Å². The number of hydrogen-bond donors (Lipinski definition) is 1. The number of alkyl halides is 6. The monoisotopic (exact) mass is 544 g/mol. The molecule has 37 heavy (non-hydrogen) atoms. The Morgan fingerprint density at radius 3 is 2.24 bits per heavy atom. The van der Waals surface area contributed by atoms with E-state index in [9.17, 15) is 31.1 Å². The molecule has 0 radical (unpaired) electrons. The zero-order valence-corrected chi connectivity index (χ0v) is 19.6. The Balaban J connectivity index is 1.85. The first kappa shape index (κ1) is 26.1. The van der Waals surface area contributed by atoms with Crippen molar-refractivity contribution in [3.63, 3.8) is 0 Å². The lowest BCUT2D eigenvalue weighted by Crippen LogP contribution is -2.18. The summed E-state index contributed by atoms with van der Waals surface area (Å²) < 4.78 is 92.3. The standard InChI is InChI=1S/C23H15ClF6N4O3/c1-36-15-8-7-11(9-16(15)37-2)14-10-17(23(28,29)30)34-20(31-14)18(24)19(33-34)21(35)32-13-6-4-3-5-12(13)22(25,26)27/h3-10H,1-2H3,(H,32,35). The third-order valence-corrected chi connectivity index (χ3v) is 5.55. The van der Waals surface area contributed by atoms with Crippen molar-refractivity contribution in [2.24, 2.45) is 0 Å². The number of halogens is 7. The molecular formula is C23H15ClF6N4O3. The zero-order chi connectivity index (χ0) is 27.1. The number of methoxy groups -OCH3 is 2. The fourth-order valence-electron chi connectivity index (χ4n) is 3.50. The van der Waals surface area contributed by atoms with Crippen LogP contribution in [0.2, 0.25) is 5.02 Å². The molecule has 0 aliphatic carbocycles. The average molecular weight is 545 g/mol. The topological polar surface area (TPSA) is 77.8 Å². The molecule has 0 saturated carbocycles. The number of carbonyl (C=O) groups is 1. The van der Waals surface area contributed by atoms with Gasteiger partial charge >= 0.3 is 12.4 Å². The van der Waals surface area contributed by atoms with Crippen LogP contribution in [0.4, 0.5) is 32.0 Å². The van der Waals surface area contributed by atoms with E-state index < -0.39 is 51.6 Å². The Kier molecular flexibility index (Phi) is 6.67. The van der Waals surface area contributed by atoms with Gasteiger partial charge in [-0.25, -0.2) is 9.50 Å². The Bertz CT molecular complexity index is 1500. The number of aromatic nitrogens is 3. The van der Waals surface area contributed by atoms with Crippen molar-refractivity contribution in [2.75, 3.05) is 19.5 Å². The third kappa shape index (κ3) is 4.99. The first-order valence-electron chi connectivity index (χ1n) is 10.2. The van der Waals surface area contributed by atoms with Gasteiger partial charge in [0.25, 0.3) is 5.91 Å². The molecule has 0 fully saturated rings. The molecule has 0 aliphatic heterocycles. The largest absolute Gasteiger partial charge is 0.493 e. The predicted molar refractivity (Wildman–Crippen MR) is 121 cm³/mol. The minimum absolute atomic E-state index is 0.183. The maximum Gasteiger partial charge on any atom is 0.433 e. The molecule has 0 aliphatic rings. The molecule has 0 spiro atoms. The van der Waals surface area contributed by atoms with E-state index in [1.165, 1.54) is 38.5 Å². The summed E-state index contributed by atoms with van der Waals surface area (Å²) >= 11 is 6.19. The normalized spacial score (nSPS) is 12.0.